The van der Waals surface area contributed by atoms with Crippen molar-refractivity contribution >= 4 is 15.8 Å². The second kappa shape index (κ2) is 8.69. The molecule has 1 amide bonds. The van der Waals surface area contributed by atoms with Gasteiger partial charge in [-0.3, -0.25) is 9.88 Å². The molecule has 0 fully saturated rings. The molecule has 3 N–H and O–H groups in total. The second-order valence-corrected chi connectivity index (χ2v) is 9.24. The molecule has 8 nitrogen and oxygen atoms in total. The van der Waals surface area contributed by atoms with Crippen LogP contribution in [0.15, 0.2) is 6.33 Å². The molecule has 1 aromatic heterocycles. The van der Waals surface area contributed by atoms with Crippen LogP contribution in [0.5, 0.6) is 0 Å². The van der Waals surface area contributed by atoms with Crippen molar-refractivity contribution in [2.45, 2.75) is 57.9 Å². The summed E-state index contributed by atoms with van der Waals surface area (Å²) in [5.74, 6) is -0.268. The highest BCUT2D eigenvalue weighted by Gasteiger charge is 2.27. The van der Waals surface area contributed by atoms with Crippen LogP contribution in [-0.4, -0.2) is 48.8 Å². The summed E-state index contributed by atoms with van der Waals surface area (Å²) < 4.78 is 61.6. The van der Waals surface area contributed by atoms with Gasteiger partial charge in [-0.05, 0) is 33.6 Å². The summed E-state index contributed by atoms with van der Waals surface area (Å²) in [6.45, 7) is 5.06. The number of hydrogen-bond acceptors (Lipinski definition) is 6. The van der Waals surface area contributed by atoms with E-state index in [2.05, 4.69) is 20.5 Å². The third kappa shape index (κ3) is 9.59. The average Bonchev–Trinajstić information content (AvgIpc) is 2.93. The molecule has 0 aliphatic carbocycles. The van der Waals surface area contributed by atoms with E-state index in [9.17, 15) is 22.2 Å². The van der Waals surface area contributed by atoms with E-state index in [1.54, 1.807) is 20.8 Å². The number of H-pyrrole nitrogens is 1. The van der Waals surface area contributed by atoms with Gasteiger partial charge >= 0.3 is 12.3 Å². The van der Waals surface area contributed by atoms with Gasteiger partial charge in [0.15, 0.2) is 0 Å². The molecule has 0 spiro atoms. The zero-order valence-corrected chi connectivity index (χ0v) is 15.7. The maximum Gasteiger partial charge on any atom is 0.408 e. The molecule has 2 unspecified atom stereocenters. The van der Waals surface area contributed by atoms with Gasteiger partial charge in [0.2, 0.25) is 0 Å². The molecule has 0 saturated heterocycles. The first-order valence-electron chi connectivity index (χ1n) is 7.93. The van der Waals surface area contributed by atoms with Gasteiger partial charge in [-0.1, -0.05) is 0 Å². The third-order valence-corrected chi connectivity index (χ3v) is 4.97. The predicted molar refractivity (Wildman–Crippen MR) is 89.0 cm³/mol. The van der Waals surface area contributed by atoms with E-state index in [1.165, 1.54) is 6.33 Å². The number of aromatic nitrogens is 3. The number of aromatic amines is 1. The van der Waals surface area contributed by atoms with E-state index < -0.39 is 40.1 Å². The highest BCUT2D eigenvalue weighted by molar-refractivity contribution is 7.92. The minimum atomic E-state index is -4.34. The molecule has 0 aliphatic rings. The molecular formula is C14H24F3N5O3S. The number of carbonyl (C=O) groups excluding carboxylic acids is 1. The molecule has 1 aromatic rings. The maximum absolute atomic E-state index is 12.2. The Morgan fingerprint density at radius 2 is 2.04 bits per heavy atom. The average molecular weight is 399 g/mol. The molecule has 0 bridgehead atoms. The number of nitrogens with one attached hydrogen (secondary N) is 3. The van der Waals surface area contributed by atoms with Crippen LogP contribution < -0.4 is 5.32 Å². The van der Waals surface area contributed by atoms with Crippen LogP contribution in [-0.2, 0) is 14.5 Å². The number of halogens is 3. The van der Waals surface area contributed by atoms with E-state index in [0.717, 1.165) is 0 Å². The van der Waals surface area contributed by atoms with Gasteiger partial charge in [0, 0.05) is 27.7 Å². The predicted octanol–water partition coefficient (Wildman–Crippen LogP) is 3.15. The van der Waals surface area contributed by atoms with Gasteiger partial charge in [-0.15, -0.1) is 0 Å². The molecular weight excluding hydrogens is 375 g/mol. The zero-order chi connectivity index (χ0) is 20.0. The van der Waals surface area contributed by atoms with Crippen molar-refractivity contribution in [1.82, 2.24) is 20.5 Å². The Labute approximate surface area is 150 Å². The zero-order valence-electron chi connectivity index (χ0n) is 14.9. The molecule has 0 aromatic carbocycles. The fourth-order valence-corrected chi connectivity index (χ4v) is 3.46. The summed E-state index contributed by atoms with van der Waals surface area (Å²) in [5.41, 5.74) is -0.726. The van der Waals surface area contributed by atoms with Crippen molar-refractivity contribution in [1.29, 1.82) is 4.78 Å². The summed E-state index contributed by atoms with van der Waals surface area (Å²) >= 11 is 0. The van der Waals surface area contributed by atoms with Gasteiger partial charge < -0.3 is 10.1 Å². The Morgan fingerprint density at radius 1 is 1.38 bits per heavy atom. The Kier molecular flexibility index (Phi) is 7.42. The number of alkyl carbamates (subject to hydrolysis) is 1. The molecule has 150 valence electrons. The number of alkyl halides is 3. The lowest BCUT2D eigenvalue weighted by molar-refractivity contribution is -0.134. The van der Waals surface area contributed by atoms with Crippen LogP contribution in [0.4, 0.5) is 18.0 Å². The van der Waals surface area contributed by atoms with Crippen molar-refractivity contribution in [2.75, 3.05) is 11.5 Å². The quantitative estimate of drug-likeness (QED) is 0.620. The van der Waals surface area contributed by atoms with E-state index in [4.69, 9.17) is 9.52 Å². The van der Waals surface area contributed by atoms with Crippen molar-refractivity contribution in [2.24, 2.45) is 0 Å². The smallest absolute Gasteiger partial charge is 0.408 e. The van der Waals surface area contributed by atoms with Crippen LogP contribution in [0.2, 0.25) is 0 Å². The highest BCUT2D eigenvalue weighted by Crippen LogP contribution is 2.22. The Hall–Kier alpha value is -1.85. The number of amides is 1. The number of rotatable bonds is 8. The second-order valence-electron chi connectivity index (χ2n) is 6.80. The van der Waals surface area contributed by atoms with Crippen molar-refractivity contribution in [3.05, 3.63) is 12.2 Å². The first-order valence-corrected chi connectivity index (χ1v) is 9.83. The van der Waals surface area contributed by atoms with Crippen LogP contribution in [0, 0.1) is 4.78 Å². The van der Waals surface area contributed by atoms with E-state index in [-0.39, 0.29) is 30.2 Å². The number of carbonyl (C=O) groups is 1. The minimum absolute atomic E-state index is 0.0444. The van der Waals surface area contributed by atoms with Crippen LogP contribution in [0.25, 0.3) is 0 Å². The summed E-state index contributed by atoms with van der Waals surface area (Å²) in [7, 11) is -3.22. The van der Waals surface area contributed by atoms with Crippen molar-refractivity contribution < 1.29 is 26.9 Å². The monoisotopic (exact) mass is 399 g/mol. The van der Waals surface area contributed by atoms with Gasteiger partial charge in [0.05, 0.1) is 6.04 Å². The lowest BCUT2D eigenvalue weighted by atomic mass is 10.2. The van der Waals surface area contributed by atoms with Gasteiger partial charge in [0.25, 0.3) is 0 Å². The number of ether oxygens (including phenoxy) is 1. The molecule has 0 saturated carbocycles. The minimum Gasteiger partial charge on any atom is -0.444 e. The summed E-state index contributed by atoms with van der Waals surface area (Å²) in [5, 5.41) is 8.79. The van der Waals surface area contributed by atoms with Crippen molar-refractivity contribution in [3.63, 3.8) is 0 Å². The van der Waals surface area contributed by atoms with Crippen molar-refractivity contribution in [3.8, 4) is 0 Å². The standard InChI is InChI=1S/C14H24F3N5O3S/c1-13(2,3)25-12(23)21-10(11-19-9-20-22-11)5-8-26(18,24)7-4-6-14(15,16)17/h9-10,18H,4-8H2,1-3H3,(H,21,23)(H,19,20,22). The Balaban J connectivity index is 2.65. The molecule has 0 aliphatic heterocycles. The Bertz CT molecular complexity index is 669. The fourth-order valence-electron chi connectivity index (χ4n) is 2.03. The third-order valence-electron chi connectivity index (χ3n) is 3.13. The summed E-state index contributed by atoms with van der Waals surface area (Å²) in [6.07, 6.45) is -5.25. The molecule has 0 radical (unpaired) electrons. The molecule has 12 heteroatoms. The maximum atomic E-state index is 12.2. The molecule has 2 atom stereocenters. The first-order chi connectivity index (χ1) is 11.8. The van der Waals surface area contributed by atoms with Crippen LogP contribution in [0.1, 0.15) is 51.9 Å². The normalized spacial score (nSPS) is 15.9. The number of hydrogen-bond donors (Lipinski definition) is 3. The lowest BCUT2D eigenvalue weighted by Crippen LogP contribution is -2.36. The Morgan fingerprint density at radius 3 is 2.54 bits per heavy atom. The summed E-state index contributed by atoms with van der Waals surface area (Å²) in [6, 6.07) is -0.749. The molecule has 1 heterocycles. The van der Waals surface area contributed by atoms with Gasteiger partial charge in [-0.25, -0.2) is 14.0 Å². The van der Waals surface area contributed by atoms with Crippen LogP contribution in [0.3, 0.4) is 0 Å². The van der Waals surface area contributed by atoms with E-state index in [1.807, 2.05) is 0 Å². The SMILES string of the molecule is CC(C)(C)OC(=O)NC(CCS(=N)(=O)CCCC(F)(F)F)c1ncn[nH]1. The first kappa shape index (κ1) is 22.2. The highest BCUT2D eigenvalue weighted by atomic mass is 32.2. The van der Waals surface area contributed by atoms with Crippen LogP contribution >= 0.6 is 0 Å². The van der Waals surface area contributed by atoms with Gasteiger partial charge in [-0.2, -0.15) is 18.3 Å². The molecule has 1 rings (SSSR count). The van der Waals surface area contributed by atoms with E-state index >= 15 is 0 Å². The van der Waals surface area contributed by atoms with E-state index in [0.29, 0.717) is 0 Å². The lowest BCUT2D eigenvalue weighted by Gasteiger charge is -2.23. The fraction of sp³-hybridized carbons (Fsp3) is 0.786. The topological polar surface area (TPSA) is 121 Å². The largest absolute Gasteiger partial charge is 0.444 e. The van der Waals surface area contributed by atoms with Gasteiger partial charge in [0.1, 0.15) is 17.8 Å². The summed E-state index contributed by atoms with van der Waals surface area (Å²) in [4.78, 5) is 15.9. The number of nitrogens with zero attached hydrogens (tertiary/aromatic N) is 2. The molecule has 26 heavy (non-hydrogen) atoms.